The van der Waals surface area contributed by atoms with Gasteiger partial charge in [-0.1, -0.05) is 18.2 Å². The Bertz CT molecular complexity index is 727. The first-order valence-corrected chi connectivity index (χ1v) is 8.31. The van der Waals surface area contributed by atoms with Crippen LogP contribution in [0.5, 0.6) is 11.5 Å². The van der Waals surface area contributed by atoms with Crippen LogP contribution in [0.3, 0.4) is 0 Å². The van der Waals surface area contributed by atoms with E-state index in [2.05, 4.69) is 0 Å². The van der Waals surface area contributed by atoms with Crippen LogP contribution in [0.15, 0.2) is 42.5 Å². The molecule has 6 heteroatoms. The SMILES string of the molecule is COc1ccc(CC(OC(C)C)C(=O)O)cc1OCc1ccc(F)cc1. The van der Waals surface area contributed by atoms with Crippen LogP contribution in [-0.2, 0) is 22.6 Å². The Kier molecular flexibility index (Phi) is 6.97. The van der Waals surface area contributed by atoms with Gasteiger partial charge in [0.15, 0.2) is 17.6 Å². The van der Waals surface area contributed by atoms with Gasteiger partial charge in [-0.25, -0.2) is 9.18 Å². The second-order valence-corrected chi connectivity index (χ2v) is 6.12. The van der Waals surface area contributed by atoms with Crippen molar-refractivity contribution in [3.63, 3.8) is 0 Å². The number of carboxylic acid groups (broad SMARTS) is 1. The van der Waals surface area contributed by atoms with E-state index in [1.165, 1.54) is 19.2 Å². The Morgan fingerprint density at radius 2 is 1.73 bits per heavy atom. The summed E-state index contributed by atoms with van der Waals surface area (Å²) < 4.78 is 29.5. The molecule has 140 valence electrons. The standard InChI is InChI=1S/C20H23FO5/c1-13(2)26-19(20(22)23)11-15-6-9-17(24-3)18(10-15)25-12-14-4-7-16(21)8-5-14/h4-10,13,19H,11-12H2,1-3H3,(H,22,23). The van der Waals surface area contributed by atoms with E-state index >= 15 is 0 Å². The highest BCUT2D eigenvalue weighted by molar-refractivity contribution is 5.72. The molecule has 0 saturated heterocycles. The van der Waals surface area contributed by atoms with E-state index in [9.17, 15) is 14.3 Å². The average Bonchev–Trinajstić information content (AvgIpc) is 2.60. The van der Waals surface area contributed by atoms with Crippen molar-refractivity contribution in [1.82, 2.24) is 0 Å². The van der Waals surface area contributed by atoms with Gasteiger partial charge in [0.25, 0.3) is 0 Å². The molecule has 0 fully saturated rings. The van der Waals surface area contributed by atoms with Crippen molar-refractivity contribution in [3.8, 4) is 11.5 Å². The molecule has 0 amide bonds. The fraction of sp³-hybridized carbons (Fsp3) is 0.350. The number of hydrogen-bond donors (Lipinski definition) is 1. The quantitative estimate of drug-likeness (QED) is 0.734. The zero-order valence-corrected chi connectivity index (χ0v) is 15.1. The molecular weight excluding hydrogens is 339 g/mol. The topological polar surface area (TPSA) is 65.0 Å². The minimum atomic E-state index is -1.01. The monoisotopic (exact) mass is 362 g/mol. The zero-order chi connectivity index (χ0) is 19.1. The molecule has 26 heavy (non-hydrogen) atoms. The summed E-state index contributed by atoms with van der Waals surface area (Å²) >= 11 is 0. The summed E-state index contributed by atoms with van der Waals surface area (Å²) in [6.07, 6.45) is -0.915. The van der Waals surface area contributed by atoms with Crippen LogP contribution < -0.4 is 9.47 Å². The number of rotatable bonds is 9. The number of carboxylic acids is 1. The zero-order valence-electron chi connectivity index (χ0n) is 15.1. The van der Waals surface area contributed by atoms with Gasteiger partial charge in [-0.05, 0) is 49.2 Å². The fourth-order valence-electron chi connectivity index (χ4n) is 2.44. The van der Waals surface area contributed by atoms with E-state index in [1.807, 2.05) is 0 Å². The lowest BCUT2D eigenvalue weighted by molar-refractivity contribution is -0.153. The molecule has 5 nitrogen and oxygen atoms in total. The number of hydrogen-bond acceptors (Lipinski definition) is 4. The molecule has 0 heterocycles. The molecule has 0 radical (unpaired) electrons. The minimum absolute atomic E-state index is 0.191. The van der Waals surface area contributed by atoms with Crippen molar-refractivity contribution >= 4 is 5.97 Å². The molecule has 0 spiro atoms. The normalized spacial score (nSPS) is 12.0. The summed E-state index contributed by atoms with van der Waals surface area (Å²) in [6.45, 7) is 3.83. The summed E-state index contributed by atoms with van der Waals surface area (Å²) in [7, 11) is 1.53. The molecule has 2 aromatic rings. The average molecular weight is 362 g/mol. The molecule has 1 N–H and O–H groups in total. The van der Waals surface area contributed by atoms with Crippen molar-refractivity contribution in [2.75, 3.05) is 7.11 Å². The Morgan fingerprint density at radius 3 is 2.31 bits per heavy atom. The van der Waals surface area contributed by atoms with Crippen molar-refractivity contribution in [3.05, 3.63) is 59.4 Å². The Hall–Kier alpha value is -2.60. The van der Waals surface area contributed by atoms with E-state index in [0.29, 0.717) is 11.5 Å². The molecule has 0 aliphatic heterocycles. The predicted octanol–water partition coefficient (Wildman–Crippen LogP) is 3.83. The number of aliphatic carboxylic acids is 1. The fourth-order valence-corrected chi connectivity index (χ4v) is 2.44. The van der Waals surface area contributed by atoms with Gasteiger partial charge in [0.1, 0.15) is 12.4 Å². The molecule has 0 aliphatic rings. The second kappa shape index (κ2) is 9.20. The van der Waals surface area contributed by atoms with E-state index < -0.39 is 12.1 Å². The smallest absolute Gasteiger partial charge is 0.333 e. The first kappa shape index (κ1) is 19.7. The van der Waals surface area contributed by atoms with Crippen LogP contribution in [0.1, 0.15) is 25.0 Å². The van der Waals surface area contributed by atoms with Crippen LogP contribution in [0.4, 0.5) is 4.39 Å². The highest BCUT2D eigenvalue weighted by atomic mass is 19.1. The summed E-state index contributed by atoms with van der Waals surface area (Å²) in [5.74, 6) is -0.294. The first-order valence-electron chi connectivity index (χ1n) is 8.31. The van der Waals surface area contributed by atoms with E-state index in [1.54, 1.807) is 44.2 Å². The second-order valence-electron chi connectivity index (χ2n) is 6.12. The van der Waals surface area contributed by atoms with Crippen LogP contribution in [0.25, 0.3) is 0 Å². The number of carbonyl (C=O) groups is 1. The summed E-state index contributed by atoms with van der Waals surface area (Å²) in [5, 5.41) is 9.32. The molecule has 1 atom stereocenters. The highest BCUT2D eigenvalue weighted by Gasteiger charge is 2.21. The first-order chi connectivity index (χ1) is 12.4. The summed E-state index contributed by atoms with van der Waals surface area (Å²) in [5.41, 5.74) is 1.57. The molecule has 0 bridgehead atoms. The largest absolute Gasteiger partial charge is 0.493 e. The Morgan fingerprint density at radius 1 is 1.08 bits per heavy atom. The lowest BCUT2D eigenvalue weighted by Gasteiger charge is -2.18. The summed E-state index contributed by atoms with van der Waals surface area (Å²) in [6, 6.07) is 11.3. The van der Waals surface area contributed by atoms with Crippen LogP contribution >= 0.6 is 0 Å². The maximum Gasteiger partial charge on any atom is 0.333 e. The van der Waals surface area contributed by atoms with Crippen LogP contribution in [0, 0.1) is 5.82 Å². The molecule has 0 saturated carbocycles. The van der Waals surface area contributed by atoms with Crippen molar-refractivity contribution in [2.24, 2.45) is 0 Å². The van der Waals surface area contributed by atoms with Crippen molar-refractivity contribution in [2.45, 2.75) is 39.1 Å². The molecule has 0 aliphatic carbocycles. The van der Waals surface area contributed by atoms with Gasteiger partial charge in [0.2, 0.25) is 0 Å². The Balaban J connectivity index is 2.13. The van der Waals surface area contributed by atoms with Gasteiger partial charge in [0, 0.05) is 6.42 Å². The molecule has 2 rings (SSSR count). The van der Waals surface area contributed by atoms with Gasteiger partial charge in [-0.2, -0.15) is 0 Å². The predicted molar refractivity (Wildman–Crippen MR) is 95.1 cm³/mol. The van der Waals surface area contributed by atoms with E-state index in [-0.39, 0.29) is 24.9 Å². The number of ether oxygens (including phenoxy) is 3. The van der Waals surface area contributed by atoms with Gasteiger partial charge in [-0.3, -0.25) is 0 Å². The van der Waals surface area contributed by atoms with Crippen LogP contribution in [0.2, 0.25) is 0 Å². The number of methoxy groups -OCH3 is 1. The molecule has 2 aromatic carbocycles. The molecular formula is C20H23FO5. The van der Waals surface area contributed by atoms with Crippen molar-refractivity contribution < 1.29 is 28.5 Å². The maximum atomic E-state index is 13.0. The third-order valence-electron chi connectivity index (χ3n) is 3.67. The lowest BCUT2D eigenvalue weighted by atomic mass is 10.1. The van der Waals surface area contributed by atoms with E-state index in [4.69, 9.17) is 14.2 Å². The maximum absolute atomic E-state index is 13.0. The third-order valence-corrected chi connectivity index (χ3v) is 3.67. The summed E-state index contributed by atoms with van der Waals surface area (Å²) in [4.78, 5) is 11.4. The Labute approximate surface area is 152 Å². The third kappa shape index (κ3) is 5.74. The number of benzene rings is 2. The van der Waals surface area contributed by atoms with Gasteiger partial charge in [0.05, 0.1) is 13.2 Å². The highest BCUT2D eigenvalue weighted by Crippen LogP contribution is 2.29. The van der Waals surface area contributed by atoms with Gasteiger partial charge >= 0.3 is 5.97 Å². The van der Waals surface area contributed by atoms with Crippen molar-refractivity contribution in [1.29, 1.82) is 0 Å². The lowest BCUT2D eigenvalue weighted by Crippen LogP contribution is -2.29. The van der Waals surface area contributed by atoms with Gasteiger partial charge in [-0.15, -0.1) is 0 Å². The van der Waals surface area contributed by atoms with Crippen LogP contribution in [-0.4, -0.2) is 30.4 Å². The number of halogens is 1. The molecule has 1 unspecified atom stereocenters. The molecule has 0 aromatic heterocycles. The van der Waals surface area contributed by atoms with Gasteiger partial charge < -0.3 is 19.3 Å². The van der Waals surface area contributed by atoms with E-state index in [0.717, 1.165) is 11.1 Å². The minimum Gasteiger partial charge on any atom is -0.493 e.